The van der Waals surface area contributed by atoms with Crippen LogP contribution < -0.4 is 5.32 Å². The maximum Gasteiger partial charge on any atom is 0.403 e. The summed E-state index contributed by atoms with van der Waals surface area (Å²) in [5, 5.41) is 6.39. The first-order valence-corrected chi connectivity index (χ1v) is 9.61. The Morgan fingerprint density at radius 3 is 2.30 bits per heavy atom. The second-order valence-corrected chi connectivity index (χ2v) is 8.39. The lowest BCUT2D eigenvalue weighted by Gasteiger charge is -2.39. The Labute approximate surface area is 180 Å². The molecule has 156 valence electrons. The first-order chi connectivity index (χ1) is 12.0. The number of aliphatic imine (C=N–C) groups is 1. The molecule has 1 atom stereocenters. The molecular weight excluding hydrogens is 490 g/mol. The molecule has 2 heterocycles. The van der Waals surface area contributed by atoms with Crippen molar-refractivity contribution in [1.29, 1.82) is 0 Å². The molecule has 1 N–H and O–H groups in total. The van der Waals surface area contributed by atoms with E-state index in [9.17, 15) is 13.2 Å². The quantitative estimate of drug-likeness (QED) is 0.376. The Morgan fingerprint density at radius 2 is 1.85 bits per heavy atom. The van der Waals surface area contributed by atoms with E-state index < -0.39 is 12.2 Å². The molecule has 0 aromatic carbocycles. The van der Waals surface area contributed by atoms with Crippen molar-refractivity contribution in [2.24, 2.45) is 4.99 Å². The Balaban J connectivity index is 0.00000364. The van der Waals surface area contributed by atoms with Gasteiger partial charge in [-0.25, -0.2) is 4.98 Å². The predicted octanol–water partition coefficient (Wildman–Crippen LogP) is 3.70. The van der Waals surface area contributed by atoms with Gasteiger partial charge < -0.3 is 10.2 Å². The van der Waals surface area contributed by atoms with Gasteiger partial charge >= 0.3 is 6.18 Å². The lowest BCUT2D eigenvalue weighted by molar-refractivity contribution is -0.181. The molecule has 1 aromatic rings. The molecule has 1 aliphatic rings. The molecule has 0 saturated carbocycles. The number of guanidine groups is 1. The summed E-state index contributed by atoms with van der Waals surface area (Å²) in [6.07, 6.45) is -4.18. The summed E-state index contributed by atoms with van der Waals surface area (Å²) in [6, 6.07) is -1.41. The van der Waals surface area contributed by atoms with Crippen molar-refractivity contribution in [3.05, 3.63) is 16.1 Å². The molecular formula is C17H29F3IN5S. The maximum atomic E-state index is 12.9. The Morgan fingerprint density at radius 1 is 1.26 bits per heavy atom. The molecule has 27 heavy (non-hydrogen) atoms. The summed E-state index contributed by atoms with van der Waals surface area (Å²) < 4.78 is 38.6. The smallest absolute Gasteiger partial charge is 0.351 e. The lowest BCUT2D eigenvalue weighted by atomic mass is 9.98. The summed E-state index contributed by atoms with van der Waals surface area (Å²) in [5.74, 6) is 0.703. The van der Waals surface area contributed by atoms with Crippen LogP contribution in [0.4, 0.5) is 13.2 Å². The molecule has 0 spiro atoms. The molecule has 2 rings (SSSR count). The summed E-state index contributed by atoms with van der Waals surface area (Å²) >= 11 is 1.64. The van der Waals surface area contributed by atoms with Crippen LogP contribution in [0.1, 0.15) is 38.4 Å². The normalized spacial score (nSPS) is 18.2. The number of alkyl halides is 3. The summed E-state index contributed by atoms with van der Waals surface area (Å²) in [4.78, 5) is 12.4. The average molecular weight is 519 g/mol. The molecule has 1 saturated heterocycles. The van der Waals surface area contributed by atoms with Gasteiger partial charge in [0.15, 0.2) is 5.96 Å². The van der Waals surface area contributed by atoms with Gasteiger partial charge in [0, 0.05) is 44.0 Å². The first kappa shape index (κ1) is 24.4. The van der Waals surface area contributed by atoms with Crippen LogP contribution in [0.5, 0.6) is 0 Å². The number of hydrogen-bond acceptors (Lipinski definition) is 4. The Bertz CT molecular complexity index is 619. The number of aromatic nitrogens is 1. The summed E-state index contributed by atoms with van der Waals surface area (Å²) in [5.41, 5.74) is 0.973. The van der Waals surface area contributed by atoms with Gasteiger partial charge in [0.1, 0.15) is 6.04 Å². The van der Waals surface area contributed by atoms with E-state index in [-0.39, 0.29) is 29.4 Å². The fraction of sp³-hybridized carbons (Fsp3) is 0.765. The molecule has 5 nitrogen and oxygen atoms in total. The van der Waals surface area contributed by atoms with E-state index >= 15 is 0 Å². The molecule has 0 radical (unpaired) electrons. The summed E-state index contributed by atoms with van der Waals surface area (Å²) in [6.45, 7) is 9.93. The molecule has 1 aromatic heterocycles. The van der Waals surface area contributed by atoms with Gasteiger partial charge in [-0.2, -0.15) is 13.2 Å². The van der Waals surface area contributed by atoms with Gasteiger partial charge in [-0.15, -0.1) is 35.3 Å². The molecule has 0 aliphatic carbocycles. The van der Waals surface area contributed by atoms with Crippen LogP contribution in [-0.2, 0) is 12.0 Å². The van der Waals surface area contributed by atoms with E-state index in [0.717, 1.165) is 10.7 Å². The zero-order valence-electron chi connectivity index (χ0n) is 16.4. The highest BCUT2D eigenvalue weighted by molar-refractivity contribution is 14.0. The van der Waals surface area contributed by atoms with Crippen molar-refractivity contribution in [3.63, 3.8) is 0 Å². The Hall–Kier alpha value is -0.620. The monoisotopic (exact) mass is 519 g/mol. The van der Waals surface area contributed by atoms with Gasteiger partial charge in [0.2, 0.25) is 0 Å². The van der Waals surface area contributed by atoms with Crippen molar-refractivity contribution < 1.29 is 13.2 Å². The minimum Gasteiger partial charge on any atom is -0.351 e. The number of piperazine rings is 1. The second-order valence-electron chi connectivity index (χ2n) is 7.54. The van der Waals surface area contributed by atoms with Crippen molar-refractivity contribution in [2.75, 3.05) is 33.2 Å². The first-order valence-electron chi connectivity index (χ1n) is 8.73. The SMILES string of the molecule is CN=C(NCc1csc(C(C)(C)C)n1)N1CCN(C(C)C(F)(F)F)CC1.I. The highest BCUT2D eigenvalue weighted by Gasteiger charge is 2.41. The van der Waals surface area contributed by atoms with Crippen LogP contribution in [0, 0.1) is 0 Å². The number of nitrogens with zero attached hydrogens (tertiary/aromatic N) is 4. The van der Waals surface area contributed by atoms with Crippen LogP contribution in [0.25, 0.3) is 0 Å². The van der Waals surface area contributed by atoms with Gasteiger partial charge in [-0.05, 0) is 6.92 Å². The lowest BCUT2D eigenvalue weighted by Crippen LogP contribution is -2.56. The van der Waals surface area contributed by atoms with Crippen molar-refractivity contribution in [2.45, 2.75) is 51.9 Å². The van der Waals surface area contributed by atoms with E-state index in [1.54, 1.807) is 18.4 Å². The van der Waals surface area contributed by atoms with Crippen molar-refractivity contribution in [3.8, 4) is 0 Å². The van der Waals surface area contributed by atoms with Crippen molar-refractivity contribution >= 4 is 41.3 Å². The Kier molecular flexibility index (Phi) is 8.80. The number of rotatable bonds is 3. The minimum atomic E-state index is -4.18. The number of hydrogen-bond donors (Lipinski definition) is 1. The van der Waals surface area contributed by atoms with Gasteiger partial charge in [0.05, 0.1) is 17.2 Å². The fourth-order valence-corrected chi connectivity index (χ4v) is 3.67. The zero-order chi connectivity index (χ0) is 19.5. The maximum absolute atomic E-state index is 12.9. The van der Waals surface area contributed by atoms with Crippen LogP contribution >= 0.6 is 35.3 Å². The number of nitrogens with one attached hydrogen (secondary N) is 1. The van der Waals surface area contributed by atoms with Crippen LogP contribution in [0.15, 0.2) is 10.4 Å². The van der Waals surface area contributed by atoms with E-state index in [0.29, 0.717) is 38.7 Å². The van der Waals surface area contributed by atoms with Gasteiger partial charge in [0.25, 0.3) is 0 Å². The number of thiazole rings is 1. The van der Waals surface area contributed by atoms with E-state index in [4.69, 9.17) is 0 Å². The molecule has 1 aliphatic heterocycles. The van der Waals surface area contributed by atoms with Crippen LogP contribution in [0.3, 0.4) is 0 Å². The van der Waals surface area contributed by atoms with Gasteiger partial charge in [-0.3, -0.25) is 9.89 Å². The topological polar surface area (TPSA) is 43.8 Å². The molecule has 10 heteroatoms. The third-order valence-corrected chi connectivity index (χ3v) is 5.78. The average Bonchev–Trinajstić information content (AvgIpc) is 3.04. The second kappa shape index (κ2) is 9.73. The third-order valence-electron chi connectivity index (χ3n) is 4.47. The highest BCUT2D eigenvalue weighted by Crippen LogP contribution is 2.26. The summed E-state index contributed by atoms with van der Waals surface area (Å²) in [7, 11) is 1.69. The molecule has 1 fully saturated rings. The van der Waals surface area contributed by atoms with Crippen LogP contribution in [-0.4, -0.2) is 66.2 Å². The van der Waals surface area contributed by atoms with E-state index in [1.807, 2.05) is 10.3 Å². The van der Waals surface area contributed by atoms with E-state index in [2.05, 4.69) is 36.1 Å². The molecule has 0 amide bonds. The highest BCUT2D eigenvalue weighted by atomic mass is 127. The van der Waals surface area contributed by atoms with E-state index in [1.165, 1.54) is 11.8 Å². The van der Waals surface area contributed by atoms with Crippen molar-refractivity contribution in [1.82, 2.24) is 20.1 Å². The predicted molar refractivity (Wildman–Crippen MR) is 115 cm³/mol. The van der Waals surface area contributed by atoms with Crippen LogP contribution in [0.2, 0.25) is 0 Å². The molecule has 0 bridgehead atoms. The zero-order valence-corrected chi connectivity index (χ0v) is 19.6. The molecule has 1 unspecified atom stereocenters. The van der Waals surface area contributed by atoms with Gasteiger partial charge in [-0.1, -0.05) is 20.8 Å². The number of halogens is 4. The standard InChI is InChI=1S/C17H28F3N5S.HI/c1-12(17(18,19)20)24-6-8-25(9-7-24)15(21-5)22-10-13-11-26-14(23-13)16(2,3)4;/h11-12H,6-10H2,1-5H3,(H,21,22);1H. The largest absolute Gasteiger partial charge is 0.403 e. The minimum absolute atomic E-state index is 0. The third kappa shape index (κ3) is 6.74. The fourth-order valence-electron chi connectivity index (χ4n) is 2.76.